The number of nitrogens with zero attached hydrogens (tertiary/aromatic N) is 5. The highest BCUT2D eigenvalue weighted by Gasteiger charge is 2.49. The van der Waals surface area contributed by atoms with Crippen molar-refractivity contribution in [3.05, 3.63) is 230 Å². The quantitative estimate of drug-likeness (QED) is 0.150. The molecule has 0 saturated carbocycles. The number of benzene rings is 8. The molecule has 8 aromatic carbocycles. The fraction of sp³-hybridized carbons (Fsp3) is 0.0357. The molecular weight excluding hydrogens is 790 g/mol. The van der Waals surface area contributed by atoms with Gasteiger partial charge in [0.25, 0.3) is 0 Å². The lowest BCUT2D eigenvalue weighted by molar-refractivity contribution is 0.402. The lowest BCUT2D eigenvalue weighted by Gasteiger charge is -2.45. The Morgan fingerprint density at radius 3 is 1.97 bits per heavy atom. The van der Waals surface area contributed by atoms with Crippen LogP contribution >= 0.6 is 0 Å². The van der Waals surface area contributed by atoms with E-state index in [4.69, 9.17) is 9.97 Å². The number of pyridine rings is 1. The number of aromatic nitrogens is 4. The fourth-order valence-corrected chi connectivity index (χ4v) is 15.3. The van der Waals surface area contributed by atoms with Crippen LogP contribution in [0.25, 0.3) is 50.0 Å². The Hall–Kier alpha value is -7.87. The van der Waals surface area contributed by atoms with Crippen LogP contribution in [0.2, 0.25) is 0 Å². The summed E-state index contributed by atoms with van der Waals surface area (Å²) in [6.45, 7) is 0. The summed E-state index contributed by atoms with van der Waals surface area (Å²) in [7, 11) is -0.969. The molecule has 5 nitrogen and oxygen atoms in total. The topological polar surface area (TPSA) is 38.9 Å². The molecule has 4 heterocycles. The number of fused-ring (bicyclic) bond motifs is 7. The van der Waals surface area contributed by atoms with E-state index in [0.717, 1.165) is 67.1 Å². The van der Waals surface area contributed by atoms with E-state index in [9.17, 15) is 0 Å². The van der Waals surface area contributed by atoms with Crippen molar-refractivity contribution in [1.29, 1.82) is 0 Å². The summed E-state index contributed by atoms with van der Waals surface area (Å²) >= 11 is 0. The monoisotopic (exact) mass is 829 g/mol. The van der Waals surface area contributed by atoms with Gasteiger partial charge in [-0.2, -0.15) is 0 Å². The van der Waals surface area contributed by atoms with E-state index in [1.54, 1.807) is 0 Å². The van der Waals surface area contributed by atoms with Crippen molar-refractivity contribution in [3.8, 4) is 17.2 Å². The highest BCUT2D eigenvalue weighted by Crippen LogP contribution is 2.46. The second-order valence-electron chi connectivity index (χ2n) is 16.3. The number of para-hydroxylation sites is 4. The van der Waals surface area contributed by atoms with Crippen LogP contribution in [0.3, 0.4) is 0 Å². The van der Waals surface area contributed by atoms with Crippen LogP contribution < -0.4 is 25.6 Å². The smallest absolute Gasteiger partial charge is 0.184 e. The molecule has 1 aliphatic rings. The Labute approximate surface area is 365 Å². The molecule has 0 bridgehead atoms. The van der Waals surface area contributed by atoms with Crippen LogP contribution in [0.15, 0.2) is 219 Å². The third kappa shape index (κ3) is 5.60. The van der Waals surface area contributed by atoms with Crippen LogP contribution in [-0.4, -0.2) is 27.2 Å². The standard InChI is InChI=1S/C56H40FN5Si/c1-60-46-27-12-11-26-45(46)59-56(60)40-19-17-18-38(36-40)54(57)39-31-32-44-49(37-39)62(52-30-15-16-35-58-52)48-33-34-51-55(53(44)48)61(41-20-5-2-6-21-41)47-28-13-14-29-50(47)63(51,42-22-7-3-8-23-42)43-24-9-4-10-25-43/h2-37,54H,1H3. The Morgan fingerprint density at radius 2 is 1.22 bits per heavy atom. The Kier molecular flexibility index (Phi) is 8.59. The number of halogens is 1. The minimum Gasteiger partial charge on any atom is -0.327 e. The molecule has 63 heavy (non-hydrogen) atoms. The third-order valence-corrected chi connectivity index (χ3v) is 17.8. The zero-order valence-electron chi connectivity index (χ0n) is 34.5. The van der Waals surface area contributed by atoms with E-state index in [1.165, 1.54) is 20.7 Å². The number of alkyl halides is 1. The number of hydrogen-bond donors (Lipinski definition) is 0. The lowest BCUT2D eigenvalue weighted by atomic mass is 9.99. The molecule has 11 aromatic rings. The van der Waals surface area contributed by atoms with E-state index in [1.807, 2.05) is 86.0 Å². The second-order valence-corrected chi connectivity index (χ2v) is 20.0. The van der Waals surface area contributed by atoms with Gasteiger partial charge in [0.05, 0.1) is 27.8 Å². The molecule has 0 amide bonds. The van der Waals surface area contributed by atoms with E-state index in [2.05, 4.69) is 154 Å². The highest BCUT2D eigenvalue weighted by molar-refractivity contribution is 7.21. The summed E-state index contributed by atoms with van der Waals surface area (Å²) in [6, 6.07) is 74.5. The van der Waals surface area contributed by atoms with E-state index in [-0.39, 0.29) is 0 Å². The van der Waals surface area contributed by atoms with E-state index in [0.29, 0.717) is 11.1 Å². The molecule has 0 saturated heterocycles. The largest absolute Gasteiger partial charge is 0.327 e. The first-order valence-corrected chi connectivity index (χ1v) is 23.4. The van der Waals surface area contributed by atoms with Gasteiger partial charge in [-0.3, -0.25) is 4.57 Å². The summed E-state index contributed by atoms with van der Waals surface area (Å²) in [5.41, 5.74) is 9.22. The molecule has 7 heteroatoms. The van der Waals surface area contributed by atoms with Crippen molar-refractivity contribution in [2.24, 2.45) is 7.05 Å². The van der Waals surface area contributed by atoms with Gasteiger partial charge in [0.1, 0.15) is 11.6 Å². The Balaban J connectivity index is 1.14. The lowest BCUT2D eigenvalue weighted by Crippen LogP contribution is -2.77. The molecule has 1 aliphatic heterocycles. The van der Waals surface area contributed by atoms with Crippen molar-refractivity contribution in [2.45, 2.75) is 6.17 Å². The van der Waals surface area contributed by atoms with Gasteiger partial charge in [0, 0.05) is 41.0 Å². The molecule has 0 N–H and O–H groups in total. The molecule has 1 atom stereocenters. The number of hydrogen-bond acceptors (Lipinski definition) is 3. The van der Waals surface area contributed by atoms with Crippen LogP contribution in [0.5, 0.6) is 0 Å². The first-order valence-electron chi connectivity index (χ1n) is 21.4. The molecule has 0 aliphatic carbocycles. The van der Waals surface area contributed by atoms with Crippen molar-refractivity contribution in [1.82, 2.24) is 19.1 Å². The SMILES string of the molecule is Cn1c(-c2cccc(C(F)c3ccc4c5c6c(ccc5n(-c5ccccn5)c4c3)[Si](c3ccccc3)(c3ccccc3)c3ccccc3N6c3ccccc3)c2)nc2ccccc21. The van der Waals surface area contributed by atoms with Gasteiger partial charge in [-0.1, -0.05) is 152 Å². The van der Waals surface area contributed by atoms with Crippen molar-refractivity contribution in [3.63, 3.8) is 0 Å². The van der Waals surface area contributed by atoms with Gasteiger partial charge in [0.15, 0.2) is 14.2 Å². The maximum Gasteiger partial charge on any atom is 0.184 e. The molecule has 12 rings (SSSR count). The van der Waals surface area contributed by atoms with Crippen molar-refractivity contribution in [2.75, 3.05) is 4.90 Å². The van der Waals surface area contributed by atoms with Gasteiger partial charge in [-0.15, -0.1) is 0 Å². The normalized spacial score (nSPS) is 13.6. The molecule has 0 fully saturated rings. The van der Waals surface area contributed by atoms with Gasteiger partial charge >= 0.3 is 0 Å². The van der Waals surface area contributed by atoms with Gasteiger partial charge < -0.3 is 9.47 Å². The first-order chi connectivity index (χ1) is 31.1. The molecule has 1 unspecified atom stereocenters. The number of rotatable bonds is 7. The molecular formula is C56H40FN5Si. The molecule has 0 radical (unpaired) electrons. The molecule has 3 aromatic heterocycles. The number of imidazole rings is 1. The predicted octanol–water partition coefficient (Wildman–Crippen LogP) is 11.0. The Bertz CT molecular complexity index is 3460. The zero-order chi connectivity index (χ0) is 42.1. The number of aryl methyl sites for hydroxylation is 1. The van der Waals surface area contributed by atoms with Gasteiger partial charge in [-0.25, -0.2) is 14.4 Å². The van der Waals surface area contributed by atoms with Crippen molar-refractivity contribution >= 4 is 78.7 Å². The van der Waals surface area contributed by atoms with Crippen LogP contribution in [0, 0.1) is 0 Å². The van der Waals surface area contributed by atoms with Crippen molar-refractivity contribution < 1.29 is 4.39 Å². The average Bonchev–Trinajstić information content (AvgIpc) is 3.88. The van der Waals surface area contributed by atoms with Crippen LogP contribution in [0.4, 0.5) is 21.5 Å². The second kappa shape index (κ2) is 14.6. The zero-order valence-corrected chi connectivity index (χ0v) is 35.5. The Morgan fingerprint density at radius 1 is 0.540 bits per heavy atom. The molecule has 300 valence electrons. The predicted molar refractivity (Wildman–Crippen MR) is 260 cm³/mol. The summed E-state index contributed by atoms with van der Waals surface area (Å²) < 4.78 is 21.6. The highest BCUT2D eigenvalue weighted by atomic mass is 28.3. The number of anilines is 3. The third-order valence-electron chi connectivity index (χ3n) is 12.9. The van der Waals surface area contributed by atoms with Gasteiger partial charge in [0.2, 0.25) is 0 Å². The van der Waals surface area contributed by atoms with E-state index >= 15 is 4.39 Å². The summed E-state index contributed by atoms with van der Waals surface area (Å²) in [6.07, 6.45) is 0.437. The minimum absolute atomic E-state index is 0.570. The van der Waals surface area contributed by atoms with E-state index < -0.39 is 14.2 Å². The maximum absolute atomic E-state index is 17.3. The van der Waals surface area contributed by atoms with Gasteiger partial charge in [-0.05, 0) is 92.5 Å². The maximum atomic E-state index is 17.3. The van der Waals surface area contributed by atoms with Crippen LogP contribution in [0.1, 0.15) is 17.3 Å². The minimum atomic E-state index is -2.98. The summed E-state index contributed by atoms with van der Waals surface area (Å²) in [4.78, 5) is 12.3. The molecule has 0 spiro atoms. The fourth-order valence-electron chi connectivity index (χ4n) is 10.2. The summed E-state index contributed by atoms with van der Waals surface area (Å²) in [5.74, 6) is 1.57. The van der Waals surface area contributed by atoms with Crippen LogP contribution in [-0.2, 0) is 7.05 Å². The average molecular weight is 830 g/mol. The summed E-state index contributed by atoms with van der Waals surface area (Å²) in [5, 5.41) is 7.38. The first kappa shape index (κ1) is 36.9.